The van der Waals surface area contributed by atoms with E-state index in [1.807, 2.05) is 18.2 Å². The molecule has 1 heterocycles. The highest BCUT2D eigenvalue weighted by Gasteiger charge is 2.24. The Morgan fingerprint density at radius 2 is 1.35 bits per heavy atom. The largest absolute Gasteiger partial charge is 0.368 e. The molecule has 1 fully saturated rings. The second-order valence-electron chi connectivity index (χ2n) is 5.15. The third-order valence-corrected chi connectivity index (χ3v) is 3.83. The molecular formula is C18H20O2. The molecule has 2 atom stereocenters. The molecule has 2 heteroatoms. The van der Waals surface area contributed by atoms with E-state index in [9.17, 15) is 0 Å². The minimum atomic E-state index is 0.0564. The van der Waals surface area contributed by atoms with Crippen LogP contribution in [0.25, 0.3) is 0 Å². The van der Waals surface area contributed by atoms with Gasteiger partial charge in [0.05, 0.1) is 13.2 Å². The molecule has 0 aliphatic carbocycles. The van der Waals surface area contributed by atoms with Crippen LogP contribution in [-0.2, 0) is 15.9 Å². The molecule has 2 unspecified atom stereocenters. The first-order valence-electron chi connectivity index (χ1n) is 7.24. The summed E-state index contributed by atoms with van der Waals surface area (Å²) in [4.78, 5) is 0. The zero-order valence-corrected chi connectivity index (χ0v) is 11.8. The van der Waals surface area contributed by atoms with Gasteiger partial charge in [-0.2, -0.15) is 0 Å². The van der Waals surface area contributed by atoms with Gasteiger partial charge in [-0.1, -0.05) is 61.5 Å². The van der Waals surface area contributed by atoms with E-state index in [1.54, 1.807) is 0 Å². The molecule has 1 aliphatic heterocycles. The van der Waals surface area contributed by atoms with Crippen molar-refractivity contribution in [3.63, 3.8) is 0 Å². The highest BCUT2D eigenvalue weighted by Crippen LogP contribution is 2.29. The average Bonchev–Trinajstić information content (AvgIpc) is 2.56. The van der Waals surface area contributed by atoms with Crippen LogP contribution in [0.4, 0.5) is 0 Å². The fourth-order valence-corrected chi connectivity index (χ4v) is 2.52. The van der Waals surface area contributed by atoms with Crippen LogP contribution in [0.5, 0.6) is 0 Å². The highest BCUT2D eigenvalue weighted by atomic mass is 16.6. The molecule has 2 aromatic carbocycles. The molecule has 1 saturated heterocycles. The molecule has 0 bridgehead atoms. The van der Waals surface area contributed by atoms with Gasteiger partial charge in [0.15, 0.2) is 0 Å². The number of hydrogen-bond donors (Lipinski definition) is 0. The van der Waals surface area contributed by atoms with E-state index in [-0.39, 0.29) is 12.2 Å². The van der Waals surface area contributed by atoms with Crippen LogP contribution >= 0.6 is 0 Å². The monoisotopic (exact) mass is 268 g/mol. The summed E-state index contributed by atoms with van der Waals surface area (Å²) in [6, 6.07) is 18.9. The Bertz CT molecular complexity index is 525. The van der Waals surface area contributed by atoms with Gasteiger partial charge >= 0.3 is 0 Å². The summed E-state index contributed by atoms with van der Waals surface area (Å²) in [5.74, 6) is 0. The molecule has 0 radical (unpaired) electrons. The summed E-state index contributed by atoms with van der Waals surface area (Å²) >= 11 is 0. The van der Waals surface area contributed by atoms with Gasteiger partial charge in [-0.25, -0.2) is 0 Å². The SMILES string of the molecule is CCc1ccc(C2COC(c3ccccc3)CO2)cc1. The zero-order chi connectivity index (χ0) is 13.8. The van der Waals surface area contributed by atoms with Gasteiger partial charge in [0.25, 0.3) is 0 Å². The van der Waals surface area contributed by atoms with Crippen LogP contribution in [0, 0.1) is 0 Å². The van der Waals surface area contributed by atoms with Crippen LogP contribution in [0.3, 0.4) is 0 Å². The van der Waals surface area contributed by atoms with Crippen LogP contribution in [0.1, 0.15) is 35.8 Å². The summed E-state index contributed by atoms with van der Waals surface area (Å²) < 4.78 is 11.9. The van der Waals surface area contributed by atoms with Crippen molar-refractivity contribution in [3.05, 3.63) is 71.3 Å². The second-order valence-corrected chi connectivity index (χ2v) is 5.15. The summed E-state index contributed by atoms with van der Waals surface area (Å²) in [6.45, 7) is 3.40. The zero-order valence-electron chi connectivity index (χ0n) is 11.8. The highest BCUT2D eigenvalue weighted by molar-refractivity contribution is 5.25. The van der Waals surface area contributed by atoms with Crippen molar-refractivity contribution in [2.45, 2.75) is 25.6 Å². The summed E-state index contributed by atoms with van der Waals surface area (Å²) in [5, 5.41) is 0. The van der Waals surface area contributed by atoms with Gasteiger partial charge < -0.3 is 9.47 Å². The molecular weight excluding hydrogens is 248 g/mol. The van der Waals surface area contributed by atoms with Crippen LogP contribution in [-0.4, -0.2) is 13.2 Å². The molecule has 3 rings (SSSR count). The Hall–Kier alpha value is -1.64. The van der Waals surface area contributed by atoms with Gasteiger partial charge in [-0.3, -0.25) is 0 Å². The second kappa shape index (κ2) is 6.21. The first kappa shape index (κ1) is 13.3. The lowest BCUT2D eigenvalue weighted by Gasteiger charge is -2.30. The van der Waals surface area contributed by atoms with Gasteiger partial charge in [0.1, 0.15) is 12.2 Å². The lowest BCUT2D eigenvalue weighted by molar-refractivity contribution is -0.137. The van der Waals surface area contributed by atoms with E-state index >= 15 is 0 Å². The Labute approximate surface area is 120 Å². The fourth-order valence-electron chi connectivity index (χ4n) is 2.52. The third-order valence-electron chi connectivity index (χ3n) is 3.83. The van der Waals surface area contributed by atoms with E-state index in [0.717, 1.165) is 6.42 Å². The van der Waals surface area contributed by atoms with E-state index in [1.165, 1.54) is 16.7 Å². The quantitative estimate of drug-likeness (QED) is 0.835. The summed E-state index contributed by atoms with van der Waals surface area (Å²) in [5.41, 5.74) is 3.74. The van der Waals surface area contributed by atoms with E-state index in [0.29, 0.717) is 13.2 Å². The van der Waals surface area contributed by atoms with Crippen LogP contribution < -0.4 is 0 Å². The smallest absolute Gasteiger partial charge is 0.106 e. The summed E-state index contributed by atoms with van der Waals surface area (Å²) in [7, 11) is 0. The number of aryl methyl sites for hydroxylation is 1. The number of rotatable bonds is 3. The van der Waals surface area contributed by atoms with Crippen LogP contribution in [0.2, 0.25) is 0 Å². The first-order chi connectivity index (χ1) is 9.86. The van der Waals surface area contributed by atoms with E-state index < -0.39 is 0 Å². The predicted octanol–water partition coefficient (Wildman–Crippen LogP) is 4.08. The Kier molecular flexibility index (Phi) is 4.14. The molecule has 1 aliphatic rings. The molecule has 0 amide bonds. The molecule has 104 valence electrons. The Morgan fingerprint density at radius 3 is 1.85 bits per heavy atom. The predicted molar refractivity (Wildman–Crippen MR) is 79.6 cm³/mol. The van der Waals surface area contributed by atoms with Gasteiger partial charge in [-0.05, 0) is 23.1 Å². The van der Waals surface area contributed by atoms with Gasteiger partial charge in [0.2, 0.25) is 0 Å². The van der Waals surface area contributed by atoms with Crippen molar-refractivity contribution in [2.75, 3.05) is 13.2 Å². The van der Waals surface area contributed by atoms with Crippen molar-refractivity contribution in [1.29, 1.82) is 0 Å². The van der Waals surface area contributed by atoms with E-state index in [2.05, 4.69) is 43.3 Å². The van der Waals surface area contributed by atoms with Crippen molar-refractivity contribution < 1.29 is 9.47 Å². The van der Waals surface area contributed by atoms with Crippen molar-refractivity contribution in [2.24, 2.45) is 0 Å². The average molecular weight is 268 g/mol. The Morgan fingerprint density at radius 1 is 0.800 bits per heavy atom. The lowest BCUT2D eigenvalue weighted by Crippen LogP contribution is -2.25. The molecule has 2 aromatic rings. The molecule has 0 aromatic heterocycles. The number of benzene rings is 2. The molecule has 0 saturated carbocycles. The normalized spacial score (nSPS) is 22.6. The Balaban J connectivity index is 1.63. The third kappa shape index (κ3) is 2.92. The first-order valence-corrected chi connectivity index (χ1v) is 7.24. The van der Waals surface area contributed by atoms with Gasteiger partial charge in [-0.15, -0.1) is 0 Å². The number of hydrogen-bond acceptors (Lipinski definition) is 2. The van der Waals surface area contributed by atoms with Crippen molar-refractivity contribution >= 4 is 0 Å². The van der Waals surface area contributed by atoms with Crippen molar-refractivity contribution in [3.8, 4) is 0 Å². The maximum absolute atomic E-state index is 5.98. The molecule has 2 nitrogen and oxygen atoms in total. The minimum Gasteiger partial charge on any atom is -0.368 e. The maximum Gasteiger partial charge on any atom is 0.106 e. The molecule has 0 spiro atoms. The molecule has 20 heavy (non-hydrogen) atoms. The van der Waals surface area contributed by atoms with Crippen LogP contribution in [0.15, 0.2) is 54.6 Å². The topological polar surface area (TPSA) is 18.5 Å². The minimum absolute atomic E-state index is 0.0564. The maximum atomic E-state index is 5.98. The number of ether oxygens (including phenoxy) is 2. The standard InChI is InChI=1S/C18H20O2/c1-2-14-8-10-16(11-9-14)18-13-19-17(12-20-18)15-6-4-3-5-7-15/h3-11,17-18H,2,12-13H2,1H3. The fraction of sp³-hybridized carbons (Fsp3) is 0.333. The molecule has 0 N–H and O–H groups in total. The summed E-state index contributed by atoms with van der Waals surface area (Å²) in [6.07, 6.45) is 1.18. The lowest BCUT2D eigenvalue weighted by atomic mass is 10.0. The van der Waals surface area contributed by atoms with E-state index in [4.69, 9.17) is 9.47 Å². The van der Waals surface area contributed by atoms with Crippen molar-refractivity contribution in [1.82, 2.24) is 0 Å². The van der Waals surface area contributed by atoms with Gasteiger partial charge in [0, 0.05) is 0 Å².